The summed E-state index contributed by atoms with van der Waals surface area (Å²) in [5.41, 5.74) is 1.63. The number of benzene rings is 1. The second kappa shape index (κ2) is 6.69. The van der Waals surface area contributed by atoms with Crippen molar-refractivity contribution in [2.24, 2.45) is 0 Å². The number of methoxy groups -OCH3 is 2. The smallest absolute Gasteiger partial charge is 0.333 e. The molecule has 0 atom stereocenters. The maximum Gasteiger partial charge on any atom is 0.333 e. The molecule has 4 heteroatoms. The average molecular weight is 249 g/mol. The number of ether oxygens (including phenoxy) is 2. The minimum absolute atomic E-state index is 0.297. The predicted octanol–water partition coefficient (Wildman–Crippen LogP) is 2.25. The van der Waals surface area contributed by atoms with Crippen LogP contribution in [-0.4, -0.2) is 33.8 Å². The van der Waals surface area contributed by atoms with Gasteiger partial charge in [-0.25, -0.2) is 4.79 Å². The standard InChI is InChI=1S/C14H19NO3/c1-11(14(16)18-4)8-9-15(2)12-6-5-7-13(10-12)17-3/h5-8,10H,9H2,1-4H3. The molecule has 0 saturated carbocycles. The molecule has 4 nitrogen and oxygen atoms in total. The van der Waals surface area contributed by atoms with E-state index < -0.39 is 0 Å². The molecule has 0 aliphatic heterocycles. The van der Waals surface area contributed by atoms with E-state index in [1.807, 2.05) is 42.3 Å². The minimum Gasteiger partial charge on any atom is -0.497 e. The number of carbonyl (C=O) groups is 1. The van der Waals surface area contributed by atoms with Crippen molar-refractivity contribution in [1.29, 1.82) is 0 Å². The normalized spacial score (nSPS) is 11.0. The first-order valence-corrected chi connectivity index (χ1v) is 5.68. The van der Waals surface area contributed by atoms with Gasteiger partial charge in [0.1, 0.15) is 5.75 Å². The summed E-state index contributed by atoms with van der Waals surface area (Å²) in [6, 6.07) is 7.76. The number of carbonyl (C=O) groups excluding carboxylic acids is 1. The van der Waals surface area contributed by atoms with Crippen LogP contribution in [0, 0.1) is 0 Å². The van der Waals surface area contributed by atoms with E-state index in [0.717, 1.165) is 11.4 Å². The molecule has 0 spiro atoms. The monoisotopic (exact) mass is 249 g/mol. The van der Waals surface area contributed by atoms with Crippen molar-refractivity contribution in [3.63, 3.8) is 0 Å². The second-order valence-corrected chi connectivity index (χ2v) is 3.96. The van der Waals surface area contributed by atoms with E-state index >= 15 is 0 Å². The highest BCUT2D eigenvalue weighted by molar-refractivity contribution is 5.87. The molecule has 18 heavy (non-hydrogen) atoms. The zero-order valence-electron chi connectivity index (χ0n) is 11.3. The van der Waals surface area contributed by atoms with Gasteiger partial charge in [-0.2, -0.15) is 0 Å². The molecule has 0 fully saturated rings. The summed E-state index contributed by atoms with van der Waals surface area (Å²) >= 11 is 0. The SMILES string of the molecule is COC(=O)C(C)=CCN(C)c1cccc(OC)c1. The van der Waals surface area contributed by atoms with Gasteiger partial charge in [-0.05, 0) is 19.1 Å². The fourth-order valence-electron chi connectivity index (χ4n) is 1.47. The minimum atomic E-state index is -0.297. The van der Waals surface area contributed by atoms with Gasteiger partial charge in [-0.1, -0.05) is 12.1 Å². The number of esters is 1. The van der Waals surface area contributed by atoms with E-state index in [1.165, 1.54) is 7.11 Å². The molecule has 0 N–H and O–H groups in total. The van der Waals surface area contributed by atoms with Crippen LogP contribution < -0.4 is 9.64 Å². The molecule has 1 aromatic rings. The Hall–Kier alpha value is -1.97. The van der Waals surface area contributed by atoms with E-state index in [0.29, 0.717) is 12.1 Å². The fourth-order valence-corrected chi connectivity index (χ4v) is 1.47. The Kier molecular flexibility index (Phi) is 5.24. The molecule has 98 valence electrons. The third kappa shape index (κ3) is 3.80. The van der Waals surface area contributed by atoms with Crippen molar-refractivity contribution < 1.29 is 14.3 Å². The lowest BCUT2D eigenvalue weighted by Crippen LogP contribution is -2.18. The van der Waals surface area contributed by atoms with Gasteiger partial charge in [0.2, 0.25) is 0 Å². The Morgan fingerprint density at radius 3 is 2.72 bits per heavy atom. The van der Waals surface area contributed by atoms with Crippen molar-refractivity contribution >= 4 is 11.7 Å². The molecule has 0 aliphatic rings. The van der Waals surface area contributed by atoms with Crippen LogP contribution in [0.25, 0.3) is 0 Å². The van der Waals surface area contributed by atoms with E-state index in [9.17, 15) is 4.79 Å². The summed E-state index contributed by atoms with van der Waals surface area (Å²) in [5.74, 6) is 0.516. The molecule has 1 aromatic carbocycles. The summed E-state index contributed by atoms with van der Waals surface area (Å²) in [6.45, 7) is 2.37. The lowest BCUT2D eigenvalue weighted by atomic mass is 10.2. The zero-order valence-corrected chi connectivity index (χ0v) is 11.3. The van der Waals surface area contributed by atoms with Crippen molar-refractivity contribution in [3.05, 3.63) is 35.9 Å². The maximum atomic E-state index is 11.2. The third-order valence-electron chi connectivity index (χ3n) is 2.67. The molecule has 0 unspecified atom stereocenters. The molecule has 0 aromatic heterocycles. The Bertz CT molecular complexity index is 440. The molecule has 0 radical (unpaired) electrons. The third-order valence-corrected chi connectivity index (χ3v) is 2.67. The van der Waals surface area contributed by atoms with E-state index in [1.54, 1.807) is 14.0 Å². The van der Waals surface area contributed by atoms with Gasteiger partial charge in [0, 0.05) is 30.9 Å². The van der Waals surface area contributed by atoms with Crippen LogP contribution in [-0.2, 0) is 9.53 Å². The molecular weight excluding hydrogens is 230 g/mol. The van der Waals surface area contributed by atoms with Gasteiger partial charge in [0.05, 0.1) is 14.2 Å². The first-order chi connectivity index (χ1) is 8.58. The Morgan fingerprint density at radius 2 is 2.11 bits per heavy atom. The average Bonchev–Trinajstić information content (AvgIpc) is 2.43. The fraction of sp³-hybridized carbons (Fsp3) is 0.357. The number of hydrogen-bond acceptors (Lipinski definition) is 4. The highest BCUT2D eigenvalue weighted by Gasteiger charge is 2.04. The maximum absolute atomic E-state index is 11.2. The highest BCUT2D eigenvalue weighted by atomic mass is 16.5. The van der Waals surface area contributed by atoms with Crippen LogP contribution in [0.2, 0.25) is 0 Å². The molecule has 0 aliphatic carbocycles. The number of likely N-dealkylation sites (N-methyl/N-ethyl adjacent to an activating group) is 1. The van der Waals surface area contributed by atoms with Gasteiger partial charge in [0.25, 0.3) is 0 Å². The molecule has 0 saturated heterocycles. The van der Waals surface area contributed by atoms with Gasteiger partial charge in [-0.15, -0.1) is 0 Å². The number of hydrogen-bond donors (Lipinski definition) is 0. The Morgan fingerprint density at radius 1 is 1.39 bits per heavy atom. The van der Waals surface area contributed by atoms with Crippen LogP contribution >= 0.6 is 0 Å². The van der Waals surface area contributed by atoms with Crippen LogP contribution in [0.5, 0.6) is 5.75 Å². The van der Waals surface area contributed by atoms with E-state index in [2.05, 4.69) is 4.74 Å². The van der Waals surface area contributed by atoms with Crippen LogP contribution in [0.3, 0.4) is 0 Å². The number of nitrogens with zero attached hydrogens (tertiary/aromatic N) is 1. The molecular formula is C14H19NO3. The molecule has 1 rings (SSSR count). The Balaban J connectivity index is 2.70. The van der Waals surface area contributed by atoms with Crippen LogP contribution in [0.15, 0.2) is 35.9 Å². The van der Waals surface area contributed by atoms with Gasteiger partial charge in [-0.3, -0.25) is 0 Å². The van der Waals surface area contributed by atoms with Crippen molar-refractivity contribution in [2.45, 2.75) is 6.92 Å². The summed E-state index contributed by atoms with van der Waals surface area (Å²) < 4.78 is 9.81. The summed E-state index contributed by atoms with van der Waals surface area (Å²) in [4.78, 5) is 13.3. The highest BCUT2D eigenvalue weighted by Crippen LogP contribution is 2.19. The second-order valence-electron chi connectivity index (χ2n) is 3.96. The molecule has 0 heterocycles. The predicted molar refractivity (Wildman–Crippen MR) is 72.0 cm³/mol. The van der Waals surface area contributed by atoms with Crippen molar-refractivity contribution in [3.8, 4) is 5.75 Å². The largest absolute Gasteiger partial charge is 0.497 e. The lowest BCUT2D eigenvalue weighted by Gasteiger charge is -2.18. The van der Waals surface area contributed by atoms with Crippen molar-refractivity contribution in [2.75, 3.05) is 32.7 Å². The first-order valence-electron chi connectivity index (χ1n) is 5.68. The summed E-state index contributed by atoms with van der Waals surface area (Å²) in [6.07, 6.45) is 1.84. The lowest BCUT2D eigenvalue weighted by molar-refractivity contribution is -0.136. The molecule has 0 bridgehead atoms. The van der Waals surface area contributed by atoms with E-state index in [4.69, 9.17) is 4.74 Å². The van der Waals surface area contributed by atoms with E-state index in [-0.39, 0.29) is 5.97 Å². The zero-order chi connectivity index (χ0) is 13.5. The van der Waals surface area contributed by atoms with Crippen LogP contribution in [0.4, 0.5) is 5.69 Å². The summed E-state index contributed by atoms with van der Waals surface area (Å²) in [7, 11) is 4.97. The molecule has 0 amide bonds. The van der Waals surface area contributed by atoms with Gasteiger partial charge in [0.15, 0.2) is 0 Å². The topological polar surface area (TPSA) is 38.8 Å². The quantitative estimate of drug-likeness (QED) is 0.592. The Labute approximate surface area is 108 Å². The summed E-state index contributed by atoms with van der Waals surface area (Å²) in [5, 5.41) is 0. The number of rotatable bonds is 5. The van der Waals surface area contributed by atoms with Gasteiger partial charge >= 0.3 is 5.97 Å². The van der Waals surface area contributed by atoms with Gasteiger partial charge < -0.3 is 14.4 Å². The van der Waals surface area contributed by atoms with Crippen LogP contribution in [0.1, 0.15) is 6.92 Å². The number of anilines is 1. The van der Waals surface area contributed by atoms with Crippen molar-refractivity contribution in [1.82, 2.24) is 0 Å². The first kappa shape index (κ1) is 14.1.